The van der Waals surface area contributed by atoms with Gasteiger partial charge in [-0.05, 0) is 52.5 Å². The van der Waals surface area contributed by atoms with Crippen molar-refractivity contribution < 1.29 is 33.8 Å². The third kappa shape index (κ3) is 6.26. The summed E-state index contributed by atoms with van der Waals surface area (Å²) >= 11 is 0. The fourth-order valence-corrected chi connectivity index (χ4v) is 7.48. The molecule has 2 fully saturated rings. The van der Waals surface area contributed by atoms with Crippen LogP contribution in [0.1, 0.15) is 77.9 Å². The molecule has 4 aliphatic heterocycles. The van der Waals surface area contributed by atoms with Crippen molar-refractivity contribution in [3.8, 4) is 0 Å². The van der Waals surface area contributed by atoms with Gasteiger partial charge in [0.15, 0.2) is 0 Å². The number of carbonyl (C=O) groups is 4. The predicted octanol–water partition coefficient (Wildman–Crippen LogP) is 3.80. The molecular formula is C36H49N3O7. The minimum atomic E-state index is -1.36. The first-order valence-corrected chi connectivity index (χ1v) is 16.7. The Hall–Kier alpha value is -3.50. The van der Waals surface area contributed by atoms with Gasteiger partial charge in [-0.15, -0.1) is 0 Å². The number of likely N-dealkylation sites (N-methyl/N-ethyl adjacent to an activating group) is 1. The summed E-state index contributed by atoms with van der Waals surface area (Å²) in [7, 11) is 1.72. The van der Waals surface area contributed by atoms with E-state index in [0.717, 1.165) is 18.4 Å². The number of fused-ring (bicyclic) bond motifs is 2. The molecule has 3 amide bonds. The topological polar surface area (TPSA) is 117 Å². The predicted molar refractivity (Wildman–Crippen MR) is 172 cm³/mol. The Morgan fingerprint density at radius 1 is 0.978 bits per heavy atom. The van der Waals surface area contributed by atoms with Gasteiger partial charge in [-0.2, -0.15) is 0 Å². The first-order chi connectivity index (χ1) is 21.9. The summed E-state index contributed by atoms with van der Waals surface area (Å²) in [4.78, 5) is 61.6. The molecule has 1 N–H and O–H groups in total. The van der Waals surface area contributed by atoms with Gasteiger partial charge in [0, 0.05) is 38.7 Å². The summed E-state index contributed by atoms with van der Waals surface area (Å²) in [5.74, 6) is -3.12. The number of benzene rings is 1. The maximum Gasteiger partial charge on any atom is 0.313 e. The Morgan fingerprint density at radius 2 is 1.70 bits per heavy atom. The van der Waals surface area contributed by atoms with E-state index in [1.165, 1.54) is 0 Å². The van der Waals surface area contributed by atoms with Crippen molar-refractivity contribution in [1.82, 2.24) is 14.7 Å². The highest BCUT2D eigenvalue weighted by atomic mass is 16.6. The van der Waals surface area contributed by atoms with E-state index >= 15 is 0 Å². The summed E-state index contributed by atoms with van der Waals surface area (Å²) in [6, 6.07) is 7.92. The number of unbranched alkanes of at least 4 members (excludes halogenated alkanes) is 3. The van der Waals surface area contributed by atoms with Crippen molar-refractivity contribution in [2.75, 3.05) is 26.7 Å². The normalized spacial score (nSPS) is 32.7. The van der Waals surface area contributed by atoms with Gasteiger partial charge in [0.2, 0.25) is 17.7 Å². The molecule has 4 aliphatic rings. The van der Waals surface area contributed by atoms with Crippen molar-refractivity contribution in [3.63, 3.8) is 0 Å². The van der Waals surface area contributed by atoms with Crippen LogP contribution in [0.5, 0.6) is 0 Å². The maximum atomic E-state index is 14.6. The lowest BCUT2D eigenvalue weighted by atomic mass is 9.77. The second kappa shape index (κ2) is 13.7. The zero-order valence-electron chi connectivity index (χ0n) is 27.8. The van der Waals surface area contributed by atoms with E-state index in [1.807, 2.05) is 76.3 Å². The van der Waals surface area contributed by atoms with E-state index in [9.17, 15) is 24.3 Å². The third-order valence-electron chi connectivity index (χ3n) is 10.0. The molecule has 0 bridgehead atoms. The van der Waals surface area contributed by atoms with E-state index in [4.69, 9.17) is 9.47 Å². The molecule has 250 valence electrons. The molecule has 10 heteroatoms. The summed E-state index contributed by atoms with van der Waals surface area (Å²) in [6.45, 7) is 8.57. The average Bonchev–Trinajstić information content (AvgIpc) is 3.40. The number of amides is 3. The standard InChI is InChI=1S/C36H49N3O7/c1-24-30(25-16-9-8-10-17-25)45-34(44)28-26(18-11-12-19-27(41)37(24)5)46-36-20-15-22-39(35(2,3)4)33(43)31(36)38(32(42)29(28)36)21-13-6-7-14-23-40/h8-11,15-18,20,24,26,28-31,40H,6-7,12-14,19,21-23H2,1-5H3/b18-11-/t24-,26-,28+,29+,30+,31-,36+/m0/s1. The van der Waals surface area contributed by atoms with Crippen LogP contribution in [0.3, 0.4) is 0 Å². The molecule has 46 heavy (non-hydrogen) atoms. The van der Waals surface area contributed by atoms with Crippen molar-refractivity contribution >= 4 is 23.7 Å². The number of hydrogen-bond donors (Lipinski definition) is 1. The summed E-state index contributed by atoms with van der Waals surface area (Å²) < 4.78 is 13.1. The van der Waals surface area contributed by atoms with E-state index in [2.05, 4.69) is 0 Å². The number of ether oxygens (including phenoxy) is 2. The molecule has 1 spiro atoms. The smallest absolute Gasteiger partial charge is 0.313 e. The van der Waals surface area contributed by atoms with Crippen LogP contribution < -0.4 is 0 Å². The van der Waals surface area contributed by atoms with E-state index in [0.29, 0.717) is 32.4 Å². The zero-order chi connectivity index (χ0) is 33.2. The number of allylic oxidation sites excluding steroid dienone is 1. The van der Waals surface area contributed by atoms with Gasteiger partial charge in [0.1, 0.15) is 23.7 Å². The molecule has 1 aromatic rings. The summed E-state index contributed by atoms with van der Waals surface area (Å²) in [5.41, 5.74) is -1.13. The van der Waals surface area contributed by atoms with E-state index in [1.54, 1.807) is 27.8 Å². The monoisotopic (exact) mass is 635 g/mol. The Labute approximate surface area is 272 Å². The largest absolute Gasteiger partial charge is 0.455 e. The van der Waals surface area contributed by atoms with Crippen LogP contribution in [0.4, 0.5) is 0 Å². The molecule has 0 radical (unpaired) electrons. The summed E-state index contributed by atoms with van der Waals surface area (Å²) in [6.07, 6.45) is 9.37. The maximum absolute atomic E-state index is 14.6. The van der Waals surface area contributed by atoms with Gasteiger partial charge in [0.25, 0.3) is 0 Å². The van der Waals surface area contributed by atoms with Crippen molar-refractivity contribution in [2.24, 2.45) is 11.8 Å². The van der Waals surface area contributed by atoms with Crippen LogP contribution in [-0.2, 0) is 28.7 Å². The van der Waals surface area contributed by atoms with Crippen LogP contribution >= 0.6 is 0 Å². The van der Waals surface area contributed by atoms with Gasteiger partial charge in [-0.25, -0.2) is 0 Å². The number of esters is 1. The Bertz CT molecular complexity index is 1350. The molecule has 10 nitrogen and oxygen atoms in total. The number of cyclic esters (lactones) is 1. The van der Waals surface area contributed by atoms with Gasteiger partial charge < -0.3 is 29.3 Å². The molecule has 0 aliphatic carbocycles. The SMILES string of the molecule is C[C@H]1[C@H](c2ccccc2)OC(=O)[C@@H]2[C@H](/C=C\CCC(=O)N1C)O[C@@]13C=CCN(C(C)(C)C)C(=O)[C@@H]1N(CCCCCCO)C(=O)[C@@H]23. The van der Waals surface area contributed by atoms with E-state index < -0.39 is 53.2 Å². The van der Waals surface area contributed by atoms with Crippen molar-refractivity contribution in [1.29, 1.82) is 0 Å². The molecule has 4 heterocycles. The van der Waals surface area contributed by atoms with Crippen LogP contribution in [-0.4, -0.2) is 99.6 Å². The first-order valence-electron chi connectivity index (χ1n) is 16.7. The number of aliphatic hydroxyl groups is 1. The number of carbonyl (C=O) groups excluding carboxylic acids is 4. The van der Waals surface area contributed by atoms with Crippen LogP contribution in [0.15, 0.2) is 54.6 Å². The van der Waals surface area contributed by atoms with Gasteiger partial charge in [-0.1, -0.05) is 67.5 Å². The second-order valence-corrected chi connectivity index (χ2v) is 14.0. The number of likely N-dealkylation sites (tertiary alicyclic amines) is 1. The van der Waals surface area contributed by atoms with Gasteiger partial charge in [0.05, 0.1) is 18.1 Å². The number of aliphatic hydroxyl groups excluding tert-OH is 1. The minimum absolute atomic E-state index is 0.0708. The number of hydrogen-bond acceptors (Lipinski definition) is 7. The fraction of sp³-hybridized carbons (Fsp3) is 0.611. The Morgan fingerprint density at radius 3 is 2.39 bits per heavy atom. The molecule has 0 saturated carbocycles. The lowest BCUT2D eigenvalue weighted by molar-refractivity contribution is -0.164. The molecule has 7 atom stereocenters. The number of nitrogens with zero attached hydrogens (tertiary/aromatic N) is 3. The molecular weight excluding hydrogens is 586 g/mol. The van der Waals surface area contributed by atoms with Crippen LogP contribution in [0.2, 0.25) is 0 Å². The number of rotatable bonds is 7. The Kier molecular flexibility index (Phi) is 10.1. The fourth-order valence-electron chi connectivity index (χ4n) is 7.48. The lowest BCUT2D eigenvalue weighted by Crippen LogP contribution is -2.58. The molecule has 1 aromatic carbocycles. The molecule has 5 rings (SSSR count). The van der Waals surface area contributed by atoms with Crippen molar-refractivity contribution in [3.05, 3.63) is 60.2 Å². The molecule has 2 saturated heterocycles. The van der Waals surface area contributed by atoms with Crippen LogP contribution in [0, 0.1) is 11.8 Å². The quantitative estimate of drug-likeness (QED) is 0.275. The minimum Gasteiger partial charge on any atom is -0.455 e. The van der Waals surface area contributed by atoms with E-state index in [-0.39, 0.29) is 30.7 Å². The third-order valence-corrected chi connectivity index (χ3v) is 10.0. The lowest BCUT2D eigenvalue weighted by Gasteiger charge is -2.40. The molecule has 0 unspecified atom stereocenters. The van der Waals surface area contributed by atoms with Crippen molar-refractivity contribution in [2.45, 2.75) is 102 Å². The first kappa shape index (κ1) is 33.9. The Balaban J connectivity index is 1.58. The highest BCUT2D eigenvalue weighted by Crippen LogP contribution is 2.53. The highest BCUT2D eigenvalue weighted by molar-refractivity contribution is 5.99. The average molecular weight is 636 g/mol. The van der Waals surface area contributed by atoms with Crippen LogP contribution in [0.25, 0.3) is 0 Å². The summed E-state index contributed by atoms with van der Waals surface area (Å²) in [5, 5.41) is 9.23. The second-order valence-electron chi connectivity index (χ2n) is 14.0. The molecule has 0 aromatic heterocycles. The van der Waals surface area contributed by atoms with Gasteiger partial charge in [-0.3, -0.25) is 19.2 Å². The van der Waals surface area contributed by atoms with Gasteiger partial charge >= 0.3 is 5.97 Å². The highest BCUT2D eigenvalue weighted by Gasteiger charge is 2.72. The zero-order valence-corrected chi connectivity index (χ0v) is 27.8.